The molecule has 1 aliphatic heterocycles. The minimum atomic E-state index is -0.457. The molecule has 7 nitrogen and oxygen atoms in total. The number of carbonyl (C=O) groups is 2. The monoisotopic (exact) mass is 511 g/mol. The second-order valence-electron chi connectivity index (χ2n) is 7.96. The molecule has 1 fully saturated rings. The average Bonchev–Trinajstić information content (AvgIpc) is 2.84. The Kier molecular flexibility index (Phi) is 6.85. The van der Waals surface area contributed by atoms with E-state index in [4.69, 9.17) is 9.47 Å². The van der Waals surface area contributed by atoms with E-state index in [1.165, 1.54) is 7.11 Å². The SMILES string of the molecule is COC(=O)c1ccc(N2CCN(C)CC2)c(NC(=O)c2cc3ccccc3c(Br)c2OC)c1. The Bertz CT molecular complexity index is 1210. The number of likely N-dealkylation sites (N-methyl/N-ethyl adjacent to an activating group) is 1. The van der Waals surface area contributed by atoms with Crippen molar-refractivity contribution >= 4 is 50.0 Å². The van der Waals surface area contributed by atoms with Gasteiger partial charge in [-0.25, -0.2) is 4.79 Å². The first-order valence-corrected chi connectivity index (χ1v) is 11.4. The molecule has 1 heterocycles. The molecular weight excluding hydrogens is 486 g/mol. The summed E-state index contributed by atoms with van der Waals surface area (Å²) >= 11 is 3.59. The molecule has 33 heavy (non-hydrogen) atoms. The first-order valence-electron chi connectivity index (χ1n) is 10.7. The van der Waals surface area contributed by atoms with Crippen molar-refractivity contribution < 1.29 is 19.1 Å². The molecule has 3 aromatic carbocycles. The van der Waals surface area contributed by atoms with Crippen molar-refractivity contribution in [2.75, 3.05) is 57.7 Å². The molecule has 0 unspecified atom stereocenters. The minimum absolute atomic E-state index is 0.323. The number of ether oxygens (including phenoxy) is 2. The van der Waals surface area contributed by atoms with Crippen LogP contribution in [0.4, 0.5) is 11.4 Å². The van der Waals surface area contributed by atoms with Gasteiger partial charge in [0.05, 0.1) is 41.2 Å². The predicted octanol–water partition coefficient (Wildman–Crippen LogP) is 4.40. The summed E-state index contributed by atoms with van der Waals surface area (Å²) in [5.74, 6) is -0.325. The van der Waals surface area contributed by atoms with Gasteiger partial charge in [0.25, 0.3) is 5.91 Å². The lowest BCUT2D eigenvalue weighted by Gasteiger charge is -2.35. The van der Waals surface area contributed by atoms with Crippen molar-refractivity contribution in [1.82, 2.24) is 4.90 Å². The van der Waals surface area contributed by atoms with Crippen LogP contribution in [0.1, 0.15) is 20.7 Å². The molecule has 4 rings (SSSR count). The van der Waals surface area contributed by atoms with Gasteiger partial charge in [0.2, 0.25) is 0 Å². The Hall–Kier alpha value is -3.10. The Morgan fingerprint density at radius 1 is 1.00 bits per heavy atom. The molecule has 1 N–H and O–H groups in total. The highest BCUT2D eigenvalue weighted by atomic mass is 79.9. The van der Waals surface area contributed by atoms with Gasteiger partial charge in [-0.3, -0.25) is 4.79 Å². The van der Waals surface area contributed by atoms with Gasteiger partial charge in [0, 0.05) is 26.2 Å². The van der Waals surface area contributed by atoms with Crippen molar-refractivity contribution in [3.63, 3.8) is 0 Å². The van der Waals surface area contributed by atoms with Gasteiger partial charge in [0.15, 0.2) is 0 Å². The number of fused-ring (bicyclic) bond motifs is 1. The lowest BCUT2D eigenvalue weighted by molar-refractivity contribution is 0.0600. The van der Waals surface area contributed by atoms with E-state index in [-0.39, 0.29) is 5.91 Å². The maximum absolute atomic E-state index is 13.5. The minimum Gasteiger partial charge on any atom is -0.495 e. The zero-order valence-electron chi connectivity index (χ0n) is 18.9. The number of hydrogen-bond donors (Lipinski definition) is 1. The van der Waals surface area contributed by atoms with Crippen LogP contribution in [0, 0.1) is 0 Å². The van der Waals surface area contributed by atoms with E-state index in [2.05, 4.69) is 38.1 Å². The Morgan fingerprint density at radius 3 is 2.42 bits per heavy atom. The number of benzene rings is 3. The molecule has 0 radical (unpaired) electrons. The molecule has 8 heteroatoms. The molecule has 0 bridgehead atoms. The van der Waals surface area contributed by atoms with E-state index in [1.807, 2.05) is 36.4 Å². The van der Waals surface area contributed by atoms with Gasteiger partial charge in [-0.1, -0.05) is 24.3 Å². The molecule has 3 aromatic rings. The summed E-state index contributed by atoms with van der Waals surface area (Å²) in [7, 11) is 4.97. The van der Waals surface area contributed by atoms with Crippen molar-refractivity contribution in [1.29, 1.82) is 0 Å². The molecular formula is C25H26BrN3O4. The number of methoxy groups -OCH3 is 2. The zero-order valence-corrected chi connectivity index (χ0v) is 20.4. The van der Waals surface area contributed by atoms with E-state index in [9.17, 15) is 9.59 Å². The van der Waals surface area contributed by atoms with Crippen LogP contribution in [-0.4, -0.2) is 64.2 Å². The Morgan fingerprint density at radius 2 is 1.73 bits per heavy atom. The summed E-state index contributed by atoms with van der Waals surface area (Å²) in [5, 5.41) is 4.89. The number of esters is 1. The third kappa shape index (κ3) is 4.67. The number of rotatable bonds is 5. The maximum atomic E-state index is 13.5. The van der Waals surface area contributed by atoms with Gasteiger partial charge in [-0.15, -0.1) is 0 Å². The summed E-state index contributed by atoms with van der Waals surface area (Å²) in [6.45, 7) is 3.47. The normalized spacial score (nSPS) is 14.2. The molecule has 1 amide bonds. The number of amides is 1. The predicted molar refractivity (Wildman–Crippen MR) is 134 cm³/mol. The topological polar surface area (TPSA) is 71.1 Å². The van der Waals surface area contributed by atoms with Gasteiger partial charge in [-0.2, -0.15) is 0 Å². The summed E-state index contributed by atoms with van der Waals surface area (Å²) in [4.78, 5) is 30.1. The molecule has 1 aliphatic rings. The smallest absolute Gasteiger partial charge is 0.337 e. The number of nitrogens with zero attached hydrogens (tertiary/aromatic N) is 2. The van der Waals surface area contributed by atoms with Gasteiger partial charge < -0.3 is 24.6 Å². The lowest BCUT2D eigenvalue weighted by atomic mass is 10.0. The molecule has 0 aromatic heterocycles. The van der Waals surface area contributed by atoms with Crippen molar-refractivity contribution in [3.8, 4) is 5.75 Å². The summed E-state index contributed by atoms with van der Waals surface area (Å²) in [5.41, 5.74) is 2.19. The van der Waals surface area contributed by atoms with Crippen molar-refractivity contribution in [2.24, 2.45) is 0 Å². The second-order valence-corrected chi connectivity index (χ2v) is 8.75. The van der Waals surface area contributed by atoms with Crippen LogP contribution in [0.2, 0.25) is 0 Å². The Labute approximate surface area is 201 Å². The molecule has 1 saturated heterocycles. The van der Waals surface area contributed by atoms with Gasteiger partial charge in [0.1, 0.15) is 5.75 Å². The number of nitrogens with one attached hydrogen (secondary N) is 1. The molecule has 0 spiro atoms. The molecule has 0 atom stereocenters. The highest BCUT2D eigenvalue weighted by Gasteiger charge is 2.23. The van der Waals surface area contributed by atoms with Crippen LogP contribution in [0.15, 0.2) is 53.0 Å². The fraction of sp³-hybridized carbons (Fsp3) is 0.280. The highest BCUT2D eigenvalue weighted by Crippen LogP contribution is 2.37. The van der Waals surface area contributed by atoms with Crippen LogP contribution in [0.25, 0.3) is 10.8 Å². The second kappa shape index (κ2) is 9.80. The number of anilines is 2. The maximum Gasteiger partial charge on any atom is 0.337 e. The fourth-order valence-electron chi connectivity index (χ4n) is 4.05. The standard InChI is InChI=1S/C25H26BrN3O4/c1-28-10-12-29(13-11-28)21-9-8-17(25(31)33-3)15-20(21)27-24(30)19-14-16-6-4-5-7-18(16)22(26)23(19)32-2/h4-9,14-15H,10-13H2,1-3H3,(H,27,30). The number of halogens is 1. The fourth-order valence-corrected chi connectivity index (χ4v) is 4.78. The molecule has 172 valence electrons. The number of hydrogen-bond acceptors (Lipinski definition) is 6. The van der Waals surface area contributed by atoms with Gasteiger partial charge >= 0.3 is 5.97 Å². The quantitative estimate of drug-likeness (QED) is 0.511. The number of piperazine rings is 1. The van der Waals surface area contributed by atoms with E-state index in [0.29, 0.717) is 22.6 Å². The first kappa shape index (κ1) is 23.1. The average molecular weight is 512 g/mol. The van der Waals surface area contributed by atoms with Crippen LogP contribution >= 0.6 is 15.9 Å². The number of carbonyl (C=O) groups excluding carboxylic acids is 2. The van der Waals surface area contributed by atoms with E-state index in [1.54, 1.807) is 19.2 Å². The van der Waals surface area contributed by atoms with E-state index in [0.717, 1.165) is 47.1 Å². The zero-order chi connectivity index (χ0) is 23.5. The van der Waals surface area contributed by atoms with E-state index >= 15 is 0 Å². The lowest BCUT2D eigenvalue weighted by Crippen LogP contribution is -2.44. The van der Waals surface area contributed by atoms with Crippen molar-refractivity contribution in [2.45, 2.75) is 0 Å². The molecule has 0 saturated carbocycles. The van der Waals surface area contributed by atoms with Crippen LogP contribution in [-0.2, 0) is 4.74 Å². The summed E-state index contributed by atoms with van der Waals surface area (Å²) < 4.78 is 11.2. The first-order chi connectivity index (χ1) is 15.9. The van der Waals surface area contributed by atoms with Crippen molar-refractivity contribution in [3.05, 3.63) is 64.1 Å². The van der Waals surface area contributed by atoms with Crippen LogP contribution in [0.3, 0.4) is 0 Å². The largest absolute Gasteiger partial charge is 0.495 e. The Balaban J connectivity index is 1.74. The third-order valence-corrected chi connectivity index (χ3v) is 6.69. The van der Waals surface area contributed by atoms with E-state index < -0.39 is 5.97 Å². The van der Waals surface area contributed by atoms with Crippen LogP contribution < -0.4 is 15.0 Å². The highest BCUT2D eigenvalue weighted by molar-refractivity contribution is 9.10. The van der Waals surface area contributed by atoms with Crippen LogP contribution in [0.5, 0.6) is 5.75 Å². The van der Waals surface area contributed by atoms with Gasteiger partial charge in [-0.05, 0) is 58.0 Å². The molecule has 0 aliphatic carbocycles. The summed E-state index contributed by atoms with van der Waals surface area (Å²) in [6.07, 6.45) is 0. The summed E-state index contributed by atoms with van der Waals surface area (Å²) in [6, 6.07) is 14.8. The third-order valence-electron chi connectivity index (χ3n) is 5.90.